The first-order valence-electron chi connectivity index (χ1n) is 10.5. The normalized spacial score (nSPS) is 15.9. The van der Waals surface area contributed by atoms with Crippen LogP contribution in [0.1, 0.15) is 37.0 Å². The van der Waals surface area contributed by atoms with Gasteiger partial charge in [0.1, 0.15) is 6.04 Å². The van der Waals surface area contributed by atoms with E-state index in [4.69, 9.17) is 0 Å². The highest BCUT2D eigenvalue weighted by atomic mass is 16.2. The molecule has 31 heavy (non-hydrogen) atoms. The van der Waals surface area contributed by atoms with E-state index in [0.717, 1.165) is 17.4 Å². The Hall–Kier alpha value is -3.61. The summed E-state index contributed by atoms with van der Waals surface area (Å²) in [7, 11) is 0. The van der Waals surface area contributed by atoms with Gasteiger partial charge in [-0.3, -0.25) is 14.4 Å². The largest absolute Gasteiger partial charge is 0.347 e. The molecule has 2 aromatic carbocycles. The minimum Gasteiger partial charge on any atom is -0.347 e. The summed E-state index contributed by atoms with van der Waals surface area (Å²) in [5, 5.41) is 9.42. The van der Waals surface area contributed by atoms with Crippen LogP contribution in [0.15, 0.2) is 54.7 Å². The molecule has 2 heterocycles. The number of anilines is 2. The van der Waals surface area contributed by atoms with Crippen molar-refractivity contribution in [3.05, 3.63) is 60.3 Å². The van der Waals surface area contributed by atoms with Gasteiger partial charge in [0.05, 0.1) is 11.3 Å². The van der Waals surface area contributed by atoms with E-state index in [-0.39, 0.29) is 30.6 Å². The van der Waals surface area contributed by atoms with E-state index in [0.29, 0.717) is 22.9 Å². The van der Waals surface area contributed by atoms with E-state index < -0.39 is 6.04 Å². The third kappa shape index (κ3) is 4.60. The zero-order chi connectivity index (χ0) is 22.0. The molecule has 7 heteroatoms. The number of hydrogen-bond donors (Lipinski definition) is 3. The Morgan fingerprint density at radius 1 is 1.13 bits per heavy atom. The van der Waals surface area contributed by atoms with Gasteiger partial charge in [-0.25, -0.2) is 0 Å². The molecule has 1 unspecified atom stereocenters. The van der Waals surface area contributed by atoms with Crippen LogP contribution >= 0.6 is 0 Å². The number of aromatic nitrogens is 1. The summed E-state index contributed by atoms with van der Waals surface area (Å²) in [6, 6.07) is 13.9. The lowest BCUT2D eigenvalue weighted by Gasteiger charge is -2.14. The summed E-state index contributed by atoms with van der Waals surface area (Å²) < 4.78 is 2.21. The molecule has 3 N–H and O–H groups in total. The number of nitrogens with one attached hydrogen (secondary N) is 3. The molecule has 0 radical (unpaired) electrons. The van der Waals surface area contributed by atoms with Crippen molar-refractivity contribution >= 4 is 40.0 Å². The molecule has 160 valence electrons. The molecular weight excluding hydrogens is 392 g/mol. The number of fused-ring (bicyclic) bond motifs is 2. The minimum absolute atomic E-state index is 0.112. The lowest BCUT2D eigenvalue weighted by atomic mass is 10.1. The van der Waals surface area contributed by atoms with E-state index in [1.807, 2.05) is 24.3 Å². The molecule has 0 spiro atoms. The summed E-state index contributed by atoms with van der Waals surface area (Å²) in [6.45, 7) is 5.29. The van der Waals surface area contributed by atoms with Crippen molar-refractivity contribution in [2.45, 2.75) is 39.3 Å². The zero-order valence-electron chi connectivity index (χ0n) is 17.6. The number of carbonyl (C=O) groups is 3. The van der Waals surface area contributed by atoms with Crippen LogP contribution in [-0.4, -0.2) is 28.3 Å². The quantitative estimate of drug-likeness (QED) is 0.569. The van der Waals surface area contributed by atoms with Gasteiger partial charge in [0.25, 0.3) is 5.91 Å². The smallest absolute Gasteiger partial charge is 0.254 e. The summed E-state index contributed by atoms with van der Waals surface area (Å²) in [5.41, 5.74) is 2.74. The predicted octanol–water partition coefficient (Wildman–Crippen LogP) is 3.77. The molecule has 4 rings (SSSR count). The molecule has 0 saturated heterocycles. The Kier molecular flexibility index (Phi) is 5.75. The van der Waals surface area contributed by atoms with Crippen LogP contribution in [0, 0.1) is 5.92 Å². The van der Waals surface area contributed by atoms with Gasteiger partial charge in [-0.05, 0) is 48.7 Å². The van der Waals surface area contributed by atoms with Crippen LogP contribution in [0.4, 0.5) is 11.4 Å². The Morgan fingerprint density at radius 3 is 2.74 bits per heavy atom. The first-order chi connectivity index (χ1) is 14.9. The molecular formula is C24H26N4O3. The molecule has 7 nitrogen and oxygen atoms in total. The zero-order valence-corrected chi connectivity index (χ0v) is 17.6. The summed E-state index contributed by atoms with van der Waals surface area (Å²) in [5.74, 6) is -0.302. The van der Waals surface area contributed by atoms with E-state index >= 15 is 0 Å². The van der Waals surface area contributed by atoms with Crippen LogP contribution in [0.2, 0.25) is 0 Å². The van der Waals surface area contributed by atoms with Crippen molar-refractivity contribution in [1.29, 1.82) is 0 Å². The number of hydrogen-bond acceptors (Lipinski definition) is 3. The van der Waals surface area contributed by atoms with E-state index in [1.54, 1.807) is 24.3 Å². The Labute approximate surface area is 180 Å². The fraction of sp³-hybridized carbons (Fsp3) is 0.292. The SMILES string of the molecule is CC(C)Cn1ccc2cc(NC(=O)CCC3NC(=O)c4ccccc4NC3=O)ccc21. The van der Waals surface area contributed by atoms with Crippen molar-refractivity contribution in [3.63, 3.8) is 0 Å². The molecule has 1 aromatic heterocycles. The summed E-state index contributed by atoms with van der Waals surface area (Å²) in [4.78, 5) is 37.3. The predicted molar refractivity (Wildman–Crippen MR) is 121 cm³/mol. The van der Waals surface area contributed by atoms with E-state index in [1.165, 1.54) is 0 Å². The number of para-hydroxylation sites is 1. The maximum Gasteiger partial charge on any atom is 0.254 e. The fourth-order valence-corrected chi connectivity index (χ4v) is 3.84. The van der Waals surface area contributed by atoms with E-state index in [9.17, 15) is 14.4 Å². The number of rotatable bonds is 6. The second kappa shape index (κ2) is 8.63. The average Bonchev–Trinajstić information content (AvgIpc) is 3.06. The lowest BCUT2D eigenvalue weighted by molar-refractivity contribution is -0.118. The van der Waals surface area contributed by atoms with Crippen molar-refractivity contribution in [3.8, 4) is 0 Å². The third-order valence-corrected chi connectivity index (χ3v) is 5.33. The van der Waals surface area contributed by atoms with Gasteiger partial charge in [-0.15, -0.1) is 0 Å². The second-order valence-corrected chi connectivity index (χ2v) is 8.28. The summed E-state index contributed by atoms with van der Waals surface area (Å²) >= 11 is 0. The van der Waals surface area contributed by atoms with Crippen molar-refractivity contribution < 1.29 is 14.4 Å². The highest BCUT2D eigenvalue weighted by Gasteiger charge is 2.27. The first kappa shape index (κ1) is 20.7. The van der Waals surface area contributed by atoms with Gasteiger partial charge in [0.15, 0.2) is 0 Å². The molecule has 3 amide bonds. The molecule has 1 aliphatic rings. The molecule has 1 atom stereocenters. The molecule has 0 saturated carbocycles. The number of amides is 3. The van der Waals surface area contributed by atoms with Gasteiger partial charge < -0.3 is 20.5 Å². The molecule has 0 bridgehead atoms. The van der Waals surface area contributed by atoms with Crippen LogP contribution in [0.3, 0.4) is 0 Å². The van der Waals surface area contributed by atoms with Crippen LogP contribution < -0.4 is 16.0 Å². The van der Waals surface area contributed by atoms with Crippen molar-refractivity contribution in [2.75, 3.05) is 10.6 Å². The monoisotopic (exact) mass is 418 g/mol. The van der Waals surface area contributed by atoms with Gasteiger partial charge in [-0.1, -0.05) is 26.0 Å². The molecule has 0 aliphatic carbocycles. The lowest BCUT2D eigenvalue weighted by Crippen LogP contribution is -2.41. The second-order valence-electron chi connectivity index (χ2n) is 8.28. The van der Waals surface area contributed by atoms with Crippen LogP contribution in [0.25, 0.3) is 10.9 Å². The van der Waals surface area contributed by atoms with Gasteiger partial charge >= 0.3 is 0 Å². The summed E-state index contributed by atoms with van der Waals surface area (Å²) in [6.07, 6.45) is 2.38. The minimum atomic E-state index is -0.766. The Balaban J connectivity index is 1.37. The fourth-order valence-electron chi connectivity index (χ4n) is 3.84. The molecule has 3 aromatic rings. The van der Waals surface area contributed by atoms with E-state index in [2.05, 4.69) is 40.6 Å². The van der Waals surface area contributed by atoms with Crippen molar-refractivity contribution in [1.82, 2.24) is 9.88 Å². The van der Waals surface area contributed by atoms with Crippen LogP contribution in [0.5, 0.6) is 0 Å². The average molecular weight is 418 g/mol. The maximum atomic E-state index is 12.5. The standard InChI is InChI=1S/C24H26N4O3/c1-15(2)14-28-12-11-16-13-17(7-9-21(16)28)25-22(29)10-8-20-24(31)26-19-6-4-3-5-18(19)23(30)27-20/h3-7,9,11-13,15,20H,8,10,14H2,1-2H3,(H,25,29)(H,26,31)(H,27,30). The highest BCUT2D eigenvalue weighted by Crippen LogP contribution is 2.22. The van der Waals surface area contributed by atoms with Gasteiger partial charge in [-0.2, -0.15) is 0 Å². The Bertz CT molecular complexity index is 1150. The highest BCUT2D eigenvalue weighted by molar-refractivity contribution is 6.10. The van der Waals surface area contributed by atoms with Gasteiger partial charge in [0, 0.05) is 35.8 Å². The van der Waals surface area contributed by atoms with Gasteiger partial charge in [0.2, 0.25) is 11.8 Å². The molecule has 1 aliphatic heterocycles. The molecule has 0 fully saturated rings. The van der Waals surface area contributed by atoms with Crippen molar-refractivity contribution in [2.24, 2.45) is 5.92 Å². The number of nitrogens with zero attached hydrogens (tertiary/aromatic N) is 1. The topological polar surface area (TPSA) is 92.2 Å². The Morgan fingerprint density at radius 2 is 1.94 bits per heavy atom. The van der Waals surface area contributed by atoms with Crippen LogP contribution in [-0.2, 0) is 16.1 Å². The first-order valence-corrected chi connectivity index (χ1v) is 10.5. The maximum absolute atomic E-state index is 12.5. The number of benzene rings is 2. The number of carbonyl (C=O) groups excluding carboxylic acids is 3. The third-order valence-electron chi connectivity index (χ3n) is 5.33.